The van der Waals surface area contributed by atoms with Gasteiger partial charge in [0.1, 0.15) is 5.75 Å². The van der Waals surface area contributed by atoms with Gasteiger partial charge in [-0.3, -0.25) is 4.79 Å². The Bertz CT molecular complexity index is 620. The van der Waals surface area contributed by atoms with Crippen LogP contribution in [0.2, 0.25) is 0 Å². The molecular weight excluding hydrogens is 324 g/mol. The van der Waals surface area contributed by atoms with Crippen molar-refractivity contribution in [3.63, 3.8) is 0 Å². The molecule has 24 heavy (non-hydrogen) atoms. The molecule has 0 aromatic heterocycles. The van der Waals surface area contributed by atoms with Gasteiger partial charge in [-0.1, -0.05) is 55.5 Å². The lowest BCUT2D eigenvalue weighted by molar-refractivity contribution is -0.123. The molecule has 0 heterocycles. The molecule has 130 valence electrons. The van der Waals surface area contributed by atoms with Gasteiger partial charge in [-0.15, -0.1) is 12.4 Å². The Kier molecular flexibility index (Phi) is 8.90. The van der Waals surface area contributed by atoms with Crippen molar-refractivity contribution in [1.29, 1.82) is 0 Å². The summed E-state index contributed by atoms with van der Waals surface area (Å²) in [6, 6.07) is 18.0. The summed E-state index contributed by atoms with van der Waals surface area (Å²) in [6.45, 7) is 5.58. The maximum atomic E-state index is 11.9. The molecule has 0 aliphatic carbocycles. The van der Waals surface area contributed by atoms with E-state index in [1.165, 1.54) is 0 Å². The monoisotopic (exact) mass is 348 g/mol. The second kappa shape index (κ2) is 10.7. The van der Waals surface area contributed by atoms with Crippen LogP contribution in [0.4, 0.5) is 0 Å². The van der Waals surface area contributed by atoms with Gasteiger partial charge in [0.2, 0.25) is 0 Å². The zero-order chi connectivity index (χ0) is 16.5. The second-order valence-corrected chi connectivity index (χ2v) is 5.41. The largest absolute Gasteiger partial charge is 0.483 e. The topological polar surface area (TPSA) is 50.4 Å². The Morgan fingerprint density at radius 1 is 1.08 bits per heavy atom. The number of carbonyl (C=O) groups excluding carboxylic acids is 1. The Labute approximate surface area is 150 Å². The smallest absolute Gasteiger partial charge is 0.257 e. The minimum atomic E-state index is -0.113. The van der Waals surface area contributed by atoms with Crippen LogP contribution in [0.15, 0.2) is 54.6 Å². The average molecular weight is 349 g/mol. The van der Waals surface area contributed by atoms with Gasteiger partial charge in [-0.25, -0.2) is 0 Å². The number of nitrogens with one attached hydrogen (secondary N) is 2. The van der Waals surface area contributed by atoms with E-state index in [1.807, 2.05) is 68.4 Å². The van der Waals surface area contributed by atoms with Crippen LogP contribution in [0, 0.1) is 0 Å². The number of para-hydroxylation sites is 1. The Balaban J connectivity index is 0.00000288. The number of halogens is 1. The molecule has 5 heteroatoms. The molecule has 4 nitrogen and oxygen atoms in total. The highest BCUT2D eigenvalue weighted by molar-refractivity contribution is 5.85. The van der Waals surface area contributed by atoms with Crippen molar-refractivity contribution in [3.8, 4) is 16.9 Å². The number of likely N-dealkylation sites (N-methyl/N-ethyl adjacent to an activating group) is 1. The van der Waals surface area contributed by atoms with Gasteiger partial charge in [-0.2, -0.15) is 0 Å². The predicted molar refractivity (Wildman–Crippen MR) is 101 cm³/mol. The molecule has 2 aromatic carbocycles. The SMILES string of the molecule is CCN[C@H](C)CNC(=O)COc1ccccc1-c1ccccc1.Cl. The van der Waals surface area contributed by atoms with E-state index in [0.29, 0.717) is 12.3 Å². The van der Waals surface area contributed by atoms with Crippen molar-refractivity contribution in [3.05, 3.63) is 54.6 Å². The minimum Gasteiger partial charge on any atom is -0.483 e. The highest BCUT2D eigenvalue weighted by atomic mass is 35.5. The van der Waals surface area contributed by atoms with Gasteiger partial charge in [-0.05, 0) is 25.1 Å². The molecule has 0 saturated carbocycles. The van der Waals surface area contributed by atoms with Crippen LogP contribution in [-0.2, 0) is 4.79 Å². The van der Waals surface area contributed by atoms with E-state index < -0.39 is 0 Å². The lowest BCUT2D eigenvalue weighted by Gasteiger charge is -2.14. The molecule has 0 fully saturated rings. The van der Waals surface area contributed by atoms with E-state index >= 15 is 0 Å². The first-order valence-electron chi connectivity index (χ1n) is 7.98. The Morgan fingerprint density at radius 3 is 2.46 bits per heavy atom. The average Bonchev–Trinajstić information content (AvgIpc) is 2.59. The number of hydrogen-bond acceptors (Lipinski definition) is 3. The lowest BCUT2D eigenvalue weighted by atomic mass is 10.1. The standard InChI is InChI=1S/C19H24N2O2.ClH/c1-3-20-15(2)13-21-19(22)14-23-18-12-8-7-11-17(18)16-9-5-4-6-10-16;/h4-12,15,20H,3,13-14H2,1-2H3,(H,21,22);1H/t15-;/m1./s1. The van der Waals surface area contributed by atoms with E-state index in [4.69, 9.17) is 4.74 Å². The summed E-state index contributed by atoms with van der Waals surface area (Å²) in [6.07, 6.45) is 0. The highest BCUT2D eigenvalue weighted by Crippen LogP contribution is 2.29. The molecule has 2 rings (SSSR count). The molecule has 1 atom stereocenters. The number of benzene rings is 2. The van der Waals surface area contributed by atoms with Crippen LogP contribution in [0.1, 0.15) is 13.8 Å². The summed E-state index contributed by atoms with van der Waals surface area (Å²) in [5.41, 5.74) is 2.06. The van der Waals surface area contributed by atoms with Crippen molar-refractivity contribution >= 4 is 18.3 Å². The quantitative estimate of drug-likeness (QED) is 0.769. The zero-order valence-corrected chi connectivity index (χ0v) is 14.9. The van der Waals surface area contributed by atoms with E-state index in [-0.39, 0.29) is 31.0 Å². The predicted octanol–water partition coefficient (Wildman–Crippen LogP) is 3.27. The molecule has 0 spiro atoms. The number of amides is 1. The fourth-order valence-electron chi connectivity index (χ4n) is 2.33. The molecule has 0 bridgehead atoms. The molecule has 2 N–H and O–H groups in total. The van der Waals surface area contributed by atoms with E-state index in [1.54, 1.807) is 0 Å². The van der Waals surface area contributed by atoms with Crippen LogP contribution in [-0.4, -0.2) is 31.6 Å². The van der Waals surface area contributed by atoms with Crippen molar-refractivity contribution in [1.82, 2.24) is 10.6 Å². The Hall–Kier alpha value is -2.04. The third-order valence-electron chi connectivity index (χ3n) is 3.49. The third kappa shape index (κ3) is 6.22. The zero-order valence-electron chi connectivity index (χ0n) is 14.1. The fourth-order valence-corrected chi connectivity index (χ4v) is 2.33. The maximum Gasteiger partial charge on any atom is 0.257 e. The minimum absolute atomic E-state index is 0. The number of hydrogen-bond donors (Lipinski definition) is 2. The van der Waals surface area contributed by atoms with E-state index in [9.17, 15) is 4.79 Å². The van der Waals surface area contributed by atoms with Gasteiger partial charge in [0.15, 0.2) is 6.61 Å². The molecule has 0 aliphatic rings. The molecular formula is C19H25ClN2O2. The first kappa shape index (κ1) is 20.0. The van der Waals surface area contributed by atoms with Crippen LogP contribution in [0.5, 0.6) is 5.75 Å². The summed E-state index contributed by atoms with van der Waals surface area (Å²) in [5, 5.41) is 6.12. The third-order valence-corrected chi connectivity index (χ3v) is 3.49. The van der Waals surface area contributed by atoms with Gasteiger partial charge in [0, 0.05) is 18.2 Å². The maximum absolute atomic E-state index is 11.9. The molecule has 0 radical (unpaired) electrons. The van der Waals surface area contributed by atoms with Gasteiger partial charge >= 0.3 is 0 Å². The lowest BCUT2D eigenvalue weighted by Crippen LogP contribution is -2.40. The van der Waals surface area contributed by atoms with Crippen molar-refractivity contribution in [2.45, 2.75) is 19.9 Å². The Morgan fingerprint density at radius 2 is 1.75 bits per heavy atom. The summed E-state index contributed by atoms with van der Waals surface area (Å²) in [5.74, 6) is 0.603. The normalized spacial score (nSPS) is 11.2. The fraction of sp³-hybridized carbons (Fsp3) is 0.316. The molecule has 0 unspecified atom stereocenters. The van der Waals surface area contributed by atoms with E-state index in [2.05, 4.69) is 10.6 Å². The van der Waals surface area contributed by atoms with Crippen molar-refractivity contribution in [2.24, 2.45) is 0 Å². The first-order valence-corrected chi connectivity index (χ1v) is 7.98. The second-order valence-electron chi connectivity index (χ2n) is 5.41. The van der Waals surface area contributed by atoms with Crippen LogP contribution in [0.3, 0.4) is 0 Å². The van der Waals surface area contributed by atoms with Crippen LogP contribution in [0.25, 0.3) is 11.1 Å². The molecule has 0 saturated heterocycles. The molecule has 1 amide bonds. The van der Waals surface area contributed by atoms with E-state index in [0.717, 1.165) is 17.7 Å². The van der Waals surface area contributed by atoms with Crippen LogP contribution < -0.4 is 15.4 Å². The van der Waals surface area contributed by atoms with Crippen molar-refractivity contribution < 1.29 is 9.53 Å². The van der Waals surface area contributed by atoms with Crippen molar-refractivity contribution in [2.75, 3.05) is 19.7 Å². The highest BCUT2D eigenvalue weighted by Gasteiger charge is 2.09. The summed E-state index contributed by atoms with van der Waals surface area (Å²) in [7, 11) is 0. The molecule has 2 aromatic rings. The number of ether oxygens (including phenoxy) is 1. The molecule has 0 aliphatic heterocycles. The van der Waals surface area contributed by atoms with Gasteiger partial charge < -0.3 is 15.4 Å². The summed E-state index contributed by atoms with van der Waals surface area (Å²) < 4.78 is 5.71. The number of carbonyl (C=O) groups is 1. The van der Waals surface area contributed by atoms with Gasteiger partial charge in [0.25, 0.3) is 5.91 Å². The summed E-state index contributed by atoms with van der Waals surface area (Å²) in [4.78, 5) is 11.9. The van der Waals surface area contributed by atoms with Crippen LogP contribution >= 0.6 is 12.4 Å². The van der Waals surface area contributed by atoms with Gasteiger partial charge in [0.05, 0.1) is 0 Å². The first-order chi connectivity index (χ1) is 11.2. The number of rotatable bonds is 8. The summed E-state index contributed by atoms with van der Waals surface area (Å²) >= 11 is 0.